The van der Waals surface area contributed by atoms with E-state index in [1.54, 1.807) is 12.1 Å². The Morgan fingerprint density at radius 3 is 2.17 bits per heavy atom. The van der Waals surface area contributed by atoms with Crippen LogP contribution in [0.5, 0.6) is 0 Å². The van der Waals surface area contributed by atoms with Crippen LogP contribution in [0.3, 0.4) is 0 Å². The number of Topliss-reactive ketones (excluding diaryl/α,β-unsaturated/α-hetero) is 1. The fraction of sp³-hybridized carbons (Fsp3) is 0.522. The molecule has 1 saturated carbocycles. The molecule has 2 heterocycles. The third kappa shape index (κ3) is 4.11. The quantitative estimate of drug-likeness (QED) is 0.710. The van der Waals surface area contributed by atoms with Crippen LogP contribution in [0, 0.1) is 19.8 Å². The van der Waals surface area contributed by atoms with Crippen LogP contribution in [-0.4, -0.2) is 43.8 Å². The third-order valence-corrected chi connectivity index (χ3v) is 7.60. The van der Waals surface area contributed by atoms with E-state index < -0.39 is 10.0 Å². The van der Waals surface area contributed by atoms with Crippen LogP contribution in [0.2, 0.25) is 0 Å². The molecular formula is C23H31N3O3S. The van der Waals surface area contributed by atoms with E-state index in [0.717, 1.165) is 66.9 Å². The van der Waals surface area contributed by atoms with E-state index >= 15 is 0 Å². The molecule has 0 amide bonds. The highest BCUT2D eigenvalue weighted by atomic mass is 32.2. The molecule has 162 valence electrons. The Kier molecular flexibility index (Phi) is 5.64. The number of ketones is 1. The Hall–Kier alpha value is -1.96. The maximum absolute atomic E-state index is 13.3. The van der Waals surface area contributed by atoms with Gasteiger partial charge in [-0.25, -0.2) is 13.6 Å². The van der Waals surface area contributed by atoms with E-state index in [1.165, 1.54) is 12.1 Å². The van der Waals surface area contributed by atoms with Gasteiger partial charge in [0.25, 0.3) is 0 Å². The Balaban J connectivity index is 1.81. The van der Waals surface area contributed by atoms with Crippen LogP contribution in [0.15, 0.2) is 29.2 Å². The molecule has 6 nitrogen and oxygen atoms in total. The van der Waals surface area contributed by atoms with Crippen LogP contribution in [-0.2, 0) is 10.0 Å². The number of sulfonamides is 1. The van der Waals surface area contributed by atoms with Gasteiger partial charge in [0, 0.05) is 35.0 Å². The zero-order chi connectivity index (χ0) is 21.6. The molecule has 1 aromatic carbocycles. The SMILES string of the molecule is Cc1c(C(=O)CC2CC2)c(-c2ccc(S(N)(=O)=O)cc2)c(C)n1C1CCN(C)CC1. The van der Waals surface area contributed by atoms with Crippen molar-refractivity contribution < 1.29 is 13.2 Å². The molecule has 0 radical (unpaired) electrons. The summed E-state index contributed by atoms with van der Waals surface area (Å²) >= 11 is 0. The number of carbonyl (C=O) groups is 1. The van der Waals surface area contributed by atoms with Crippen molar-refractivity contribution in [3.05, 3.63) is 41.2 Å². The first-order chi connectivity index (χ1) is 14.2. The third-order valence-electron chi connectivity index (χ3n) is 6.67. The Morgan fingerprint density at radius 2 is 1.63 bits per heavy atom. The molecule has 7 heteroatoms. The maximum atomic E-state index is 13.3. The zero-order valence-electron chi connectivity index (χ0n) is 18.0. The van der Waals surface area contributed by atoms with Gasteiger partial charge in [0.05, 0.1) is 4.90 Å². The van der Waals surface area contributed by atoms with Crippen molar-refractivity contribution in [2.45, 2.75) is 56.9 Å². The van der Waals surface area contributed by atoms with Crippen molar-refractivity contribution in [3.63, 3.8) is 0 Å². The van der Waals surface area contributed by atoms with Crippen molar-refractivity contribution in [3.8, 4) is 11.1 Å². The largest absolute Gasteiger partial charge is 0.345 e. The topological polar surface area (TPSA) is 85.4 Å². The number of rotatable bonds is 6. The summed E-state index contributed by atoms with van der Waals surface area (Å²) in [6.07, 6.45) is 5.00. The monoisotopic (exact) mass is 429 g/mol. The van der Waals surface area contributed by atoms with Gasteiger partial charge < -0.3 is 9.47 Å². The Labute approximate surface area is 179 Å². The first-order valence-corrected chi connectivity index (χ1v) is 12.3. The molecular weight excluding hydrogens is 398 g/mol. The summed E-state index contributed by atoms with van der Waals surface area (Å²) < 4.78 is 25.7. The maximum Gasteiger partial charge on any atom is 0.238 e. The fourth-order valence-electron chi connectivity index (χ4n) is 4.85. The number of hydrogen-bond acceptors (Lipinski definition) is 4. The second-order valence-electron chi connectivity index (χ2n) is 8.97. The number of likely N-dealkylation sites (tertiary alicyclic amines) is 1. The van der Waals surface area contributed by atoms with Gasteiger partial charge in [-0.15, -0.1) is 0 Å². The molecule has 2 fully saturated rings. The molecule has 0 spiro atoms. The number of hydrogen-bond donors (Lipinski definition) is 1. The molecule has 30 heavy (non-hydrogen) atoms. The van der Waals surface area contributed by atoms with Crippen molar-refractivity contribution >= 4 is 15.8 Å². The van der Waals surface area contributed by atoms with E-state index in [1.807, 2.05) is 0 Å². The average Bonchev–Trinajstić information content (AvgIpc) is 3.46. The first kappa shape index (κ1) is 21.3. The summed E-state index contributed by atoms with van der Waals surface area (Å²) in [4.78, 5) is 15.7. The lowest BCUT2D eigenvalue weighted by Crippen LogP contribution is -2.32. The van der Waals surface area contributed by atoms with Gasteiger partial charge in [-0.2, -0.15) is 0 Å². The van der Waals surface area contributed by atoms with Gasteiger partial charge in [-0.05, 0) is 83.3 Å². The zero-order valence-corrected chi connectivity index (χ0v) is 18.8. The molecule has 4 rings (SSSR count). The minimum absolute atomic E-state index is 0.0845. The molecule has 2 N–H and O–H groups in total. The lowest BCUT2D eigenvalue weighted by molar-refractivity contribution is 0.0975. The number of aromatic nitrogens is 1. The van der Waals surface area contributed by atoms with Crippen LogP contribution in [0.4, 0.5) is 0 Å². The molecule has 0 unspecified atom stereocenters. The fourth-order valence-corrected chi connectivity index (χ4v) is 5.36. The normalized spacial score (nSPS) is 18.7. The number of nitrogens with zero attached hydrogens (tertiary/aromatic N) is 2. The second-order valence-corrected chi connectivity index (χ2v) is 10.5. The summed E-state index contributed by atoms with van der Waals surface area (Å²) in [5.74, 6) is 0.719. The van der Waals surface area contributed by atoms with E-state index in [0.29, 0.717) is 18.4 Å². The molecule has 0 atom stereocenters. The van der Waals surface area contributed by atoms with Crippen LogP contribution >= 0.6 is 0 Å². The lowest BCUT2D eigenvalue weighted by Gasteiger charge is -2.32. The summed E-state index contributed by atoms with van der Waals surface area (Å²) in [5, 5.41) is 5.26. The van der Waals surface area contributed by atoms with Gasteiger partial charge in [0.2, 0.25) is 10.0 Å². The van der Waals surface area contributed by atoms with Gasteiger partial charge in [-0.3, -0.25) is 4.79 Å². The van der Waals surface area contributed by atoms with Crippen molar-refractivity contribution in [1.29, 1.82) is 0 Å². The smallest absolute Gasteiger partial charge is 0.238 e. The minimum Gasteiger partial charge on any atom is -0.345 e. The Bertz CT molecular complexity index is 1060. The molecule has 2 aliphatic rings. The Morgan fingerprint density at radius 1 is 1.03 bits per heavy atom. The van der Waals surface area contributed by atoms with Crippen molar-refractivity contribution in [2.75, 3.05) is 20.1 Å². The van der Waals surface area contributed by atoms with Gasteiger partial charge in [-0.1, -0.05) is 12.1 Å². The van der Waals surface area contributed by atoms with Crippen molar-refractivity contribution in [1.82, 2.24) is 9.47 Å². The molecule has 1 aromatic heterocycles. The summed E-state index contributed by atoms with van der Waals surface area (Å²) in [6, 6.07) is 6.98. The van der Waals surface area contributed by atoms with E-state index in [-0.39, 0.29) is 10.7 Å². The van der Waals surface area contributed by atoms with E-state index in [4.69, 9.17) is 5.14 Å². The van der Waals surface area contributed by atoms with Crippen LogP contribution in [0.1, 0.15) is 59.9 Å². The summed E-state index contributed by atoms with van der Waals surface area (Å²) in [6.45, 7) is 6.24. The minimum atomic E-state index is -3.75. The number of piperidine rings is 1. The lowest BCUT2D eigenvalue weighted by atomic mass is 9.95. The van der Waals surface area contributed by atoms with Gasteiger partial charge >= 0.3 is 0 Å². The average molecular weight is 430 g/mol. The van der Waals surface area contributed by atoms with Crippen LogP contribution in [0.25, 0.3) is 11.1 Å². The molecule has 1 saturated heterocycles. The standard InChI is InChI=1S/C23H31N3O3S/c1-15-22(18-6-8-20(9-7-18)30(24,28)29)23(21(27)14-17-4-5-17)16(2)26(15)19-10-12-25(3)13-11-19/h6-9,17,19H,4-5,10-14H2,1-3H3,(H2,24,28,29). The van der Waals surface area contributed by atoms with Gasteiger partial charge in [0.1, 0.15) is 0 Å². The number of carbonyl (C=O) groups excluding carboxylic acids is 1. The molecule has 1 aliphatic carbocycles. The number of nitrogens with two attached hydrogens (primary N) is 1. The van der Waals surface area contributed by atoms with E-state index in [9.17, 15) is 13.2 Å². The second kappa shape index (κ2) is 7.94. The highest BCUT2D eigenvalue weighted by molar-refractivity contribution is 7.89. The molecule has 1 aliphatic heterocycles. The van der Waals surface area contributed by atoms with Gasteiger partial charge in [0.15, 0.2) is 5.78 Å². The predicted molar refractivity (Wildman–Crippen MR) is 118 cm³/mol. The summed E-state index contributed by atoms with van der Waals surface area (Å²) in [5.41, 5.74) is 4.75. The summed E-state index contributed by atoms with van der Waals surface area (Å²) in [7, 11) is -1.60. The first-order valence-electron chi connectivity index (χ1n) is 10.7. The highest BCUT2D eigenvalue weighted by Crippen LogP contribution is 2.40. The predicted octanol–water partition coefficient (Wildman–Crippen LogP) is 3.67. The number of benzene rings is 1. The molecule has 0 bridgehead atoms. The number of primary sulfonamides is 1. The molecule has 2 aromatic rings. The van der Waals surface area contributed by atoms with Crippen LogP contribution < -0.4 is 5.14 Å². The highest BCUT2D eigenvalue weighted by Gasteiger charge is 2.32. The van der Waals surface area contributed by atoms with Crippen molar-refractivity contribution in [2.24, 2.45) is 11.1 Å². The van der Waals surface area contributed by atoms with E-state index in [2.05, 4.69) is 30.4 Å².